The van der Waals surface area contributed by atoms with Crippen LogP contribution in [0.5, 0.6) is 5.75 Å². The van der Waals surface area contributed by atoms with Crippen LogP contribution in [0.15, 0.2) is 72.8 Å². The van der Waals surface area contributed by atoms with Crippen molar-refractivity contribution in [1.29, 1.82) is 0 Å². The molecule has 138 valence electrons. The summed E-state index contributed by atoms with van der Waals surface area (Å²) < 4.78 is 5.70. The first kappa shape index (κ1) is 18.5. The first-order valence-corrected chi connectivity index (χ1v) is 9.09. The maximum Gasteiger partial charge on any atom is 0.262 e. The van der Waals surface area contributed by atoms with E-state index in [0.29, 0.717) is 0 Å². The predicted molar refractivity (Wildman–Crippen MR) is 111 cm³/mol. The summed E-state index contributed by atoms with van der Waals surface area (Å²) in [6.07, 6.45) is 0.862. The van der Waals surface area contributed by atoms with Crippen molar-refractivity contribution in [2.75, 3.05) is 17.2 Å². The Morgan fingerprint density at radius 1 is 0.889 bits per heavy atom. The fraction of sp³-hybridized carbons (Fsp3) is 0.174. The second kappa shape index (κ2) is 8.90. The van der Waals surface area contributed by atoms with Crippen LogP contribution < -0.4 is 15.4 Å². The van der Waals surface area contributed by atoms with Gasteiger partial charge >= 0.3 is 0 Å². The van der Waals surface area contributed by atoms with Crippen molar-refractivity contribution in [2.45, 2.75) is 20.3 Å². The van der Waals surface area contributed by atoms with Crippen molar-refractivity contribution in [3.63, 3.8) is 0 Å². The van der Waals surface area contributed by atoms with E-state index in [9.17, 15) is 4.79 Å². The van der Waals surface area contributed by atoms with Crippen LogP contribution in [0.3, 0.4) is 0 Å². The highest BCUT2D eigenvalue weighted by Crippen LogP contribution is 2.25. The summed E-state index contributed by atoms with van der Waals surface area (Å²) in [5.74, 6) is 0.556. The highest BCUT2D eigenvalue weighted by molar-refractivity contribution is 5.95. The van der Waals surface area contributed by atoms with Gasteiger partial charge < -0.3 is 15.4 Å². The van der Waals surface area contributed by atoms with Crippen LogP contribution in [0.25, 0.3) is 0 Å². The zero-order valence-electron chi connectivity index (χ0n) is 15.7. The molecular weight excluding hydrogens is 336 g/mol. The van der Waals surface area contributed by atoms with Crippen molar-refractivity contribution >= 4 is 23.0 Å². The molecule has 0 spiro atoms. The molecule has 4 nitrogen and oxygen atoms in total. The third kappa shape index (κ3) is 5.11. The number of hydrogen-bond acceptors (Lipinski definition) is 3. The molecule has 4 heteroatoms. The lowest BCUT2D eigenvalue weighted by Gasteiger charge is -2.14. The van der Waals surface area contributed by atoms with Crippen LogP contribution in [0, 0.1) is 6.92 Å². The Labute approximate surface area is 160 Å². The van der Waals surface area contributed by atoms with Crippen LogP contribution >= 0.6 is 0 Å². The maximum atomic E-state index is 12.4. The van der Waals surface area contributed by atoms with Gasteiger partial charge in [0.05, 0.1) is 11.4 Å². The second-order valence-electron chi connectivity index (χ2n) is 6.33. The number of carbonyl (C=O) groups is 1. The highest BCUT2D eigenvalue weighted by atomic mass is 16.5. The number of anilines is 3. The smallest absolute Gasteiger partial charge is 0.262 e. The van der Waals surface area contributed by atoms with E-state index in [1.807, 2.05) is 72.8 Å². The van der Waals surface area contributed by atoms with Crippen LogP contribution in [0.4, 0.5) is 17.1 Å². The number of amides is 1. The first-order valence-electron chi connectivity index (χ1n) is 9.09. The second-order valence-corrected chi connectivity index (χ2v) is 6.33. The highest BCUT2D eigenvalue weighted by Gasteiger charge is 2.09. The molecule has 0 saturated carbocycles. The molecule has 3 aromatic rings. The van der Waals surface area contributed by atoms with E-state index in [1.165, 1.54) is 5.56 Å². The molecule has 0 aliphatic carbocycles. The van der Waals surface area contributed by atoms with Gasteiger partial charge in [0.25, 0.3) is 5.91 Å². The fourth-order valence-corrected chi connectivity index (χ4v) is 2.76. The van der Waals surface area contributed by atoms with E-state index in [0.717, 1.165) is 34.8 Å². The predicted octanol–water partition coefficient (Wildman–Crippen LogP) is 5.32. The number of ether oxygens (including phenoxy) is 1. The molecule has 0 bridgehead atoms. The Kier molecular flexibility index (Phi) is 6.10. The lowest BCUT2D eigenvalue weighted by atomic mass is 10.1. The van der Waals surface area contributed by atoms with E-state index >= 15 is 0 Å². The van der Waals surface area contributed by atoms with E-state index in [4.69, 9.17) is 4.74 Å². The zero-order valence-corrected chi connectivity index (χ0v) is 15.7. The Morgan fingerprint density at radius 2 is 1.56 bits per heavy atom. The first-order chi connectivity index (χ1) is 13.2. The molecule has 0 aromatic heterocycles. The minimum absolute atomic E-state index is 0.0319. The van der Waals surface area contributed by atoms with Crippen LogP contribution in [0.2, 0.25) is 0 Å². The van der Waals surface area contributed by atoms with Crippen LogP contribution in [-0.2, 0) is 11.2 Å². The van der Waals surface area contributed by atoms with Crippen LogP contribution in [0.1, 0.15) is 18.1 Å². The van der Waals surface area contributed by atoms with Gasteiger partial charge in [0.2, 0.25) is 0 Å². The van der Waals surface area contributed by atoms with Gasteiger partial charge in [-0.1, -0.05) is 55.0 Å². The number of rotatable bonds is 7. The number of aryl methyl sites for hydroxylation is 2. The average Bonchev–Trinajstić information content (AvgIpc) is 2.70. The largest absolute Gasteiger partial charge is 0.483 e. The number of benzene rings is 3. The average molecular weight is 360 g/mol. The SMILES string of the molecule is CCc1ccccc1OCC(=O)Nc1ccccc1Nc1ccc(C)cc1. The Hall–Kier alpha value is -3.27. The maximum absolute atomic E-state index is 12.4. The topological polar surface area (TPSA) is 50.4 Å². The Bertz CT molecular complexity index is 904. The molecule has 0 fully saturated rings. The summed E-state index contributed by atoms with van der Waals surface area (Å²) in [5.41, 5.74) is 4.81. The quantitative estimate of drug-likeness (QED) is 0.600. The molecule has 0 heterocycles. The van der Waals surface area contributed by atoms with Crippen molar-refractivity contribution in [1.82, 2.24) is 0 Å². The van der Waals surface area contributed by atoms with Gasteiger partial charge in [0.1, 0.15) is 5.75 Å². The monoisotopic (exact) mass is 360 g/mol. The van der Waals surface area contributed by atoms with Gasteiger partial charge in [-0.25, -0.2) is 0 Å². The summed E-state index contributed by atoms with van der Waals surface area (Å²) in [6, 6.07) is 23.5. The van der Waals surface area contributed by atoms with E-state index in [-0.39, 0.29) is 12.5 Å². The summed E-state index contributed by atoms with van der Waals surface area (Å²) in [5, 5.41) is 6.27. The molecule has 0 saturated heterocycles. The van der Waals surface area contributed by atoms with Crippen molar-refractivity contribution in [3.05, 3.63) is 83.9 Å². The van der Waals surface area contributed by atoms with Gasteiger partial charge in [-0.15, -0.1) is 0 Å². The summed E-state index contributed by atoms with van der Waals surface area (Å²) in [4.78, 5) is 12.4. The third-order valence-electron chi connectivity index (χ3n) is 4.24. The molecule has 0 aliphatic rings. The lowest BCUT2D eigenvalue weighted by molar-refractivity contribution is -0.118. The van der Waals surface area contributed by atoms with Gasteiger partial charge in [-0.3, -0.25) is 4.79 Å². The molecule has 0 radical (unpaired) electrons. The molecule has 3 rings (SSSR count). The molecular formula is C23H24N2O2. The normalized spacial score (nSPS) is 10.3. The molecule has 2 N–H and O–H groups in total. The van der Waals surface area contributed by atoms with Gasteiger partial charge in [0.15, 0.2) is 6.61 Å². The minimum Gasteiger partial charge on any atom is -0.483 e. The number of para-hydroxylation sites is 3. The van der Waals surface area contributed by atoms with E-state index in [1.54, 1.807) is 0 Å². The molecule has 0 atom stereocenters. The summed E-state index contributed by atoms with van der Waals surface area (Å²) in [7, 11) is 0. The van der Waals surface area contributed by atoms with E-state index < -0.39 is 0 Å². The minimum atomic E-state index is -0.195. The standard InChI is InChI=1S/C23H24N2O2/c1-3-18-8-4-7-11-22(18)27-16-23(26)25-21-10-6-5-9-20(21)24-19-14-12-17(2)13-15-19/h4-15,24H,3,16H2,1-2H3,(H,25,26). The van der Waals surface area contributed by atoms with Gasteiger partial charge in [-0.05, 0) is 49.2 Å². The van der Waals surface area contributed by atoms with Gasteiger partial charge in [0, 0.05) is 5.69 Å². The van der Waals surface area contributed by atoms with Crippen molar-refractivity contribution in [3.8, 4) is 5.75 Å². The summed E-state index contributed by atoms with van der Waals surface area (Å²) in [6.45, 7) is 4.08. The van der Waals surface area contributed by atoms with Crippen molar-refractivity contribution in [2.24, 2.45) is 0 Å². The van der Waals surface area contributed by atoms with Crippen LogP contribution in [-0.4, -0.2) is 12.5 Å². The molecule has 3 aromatic carbocycles. The lowest BCUT2D eigenvalue weighted by Crippen LogP contribution is -2.21. The molecule has 0 aliphatic heterocycles. The Morgan fingerprint density at radius 3 is 2.30 bits per heavy atom. The van der Waals surface area contributed by atoms with Gasteiger partial charge in [-0.2, -0.15) is 0 Å². The third-order valence-corrected chi connectivity index (χ3v) is 4.24. The number of carbonyl (C=O) groups excluding carboxylic acids is 1. The number of nitrogens with one attached hydrogen (secondary N) is 2. The molecule has 1 amide bonds. The fourth-order valence-electron chi connectivity index (χ4n) is 2.76. The zero-order chi connectivity index (χ0) is 19.1. The Balaban J connectivity index is 1.65. The van der Waals surface area contributed by atoms with E-state index in [2.05, 4.69) is 24.5 Å². The number of hydrogen-bond donors (Lipinski definition) is 2. The molecule has 27 heavy (non-hydrogen) atoms. The molecule has 0 unspecified atom stereocenters. The summed E-state index contributed by atoms with van der Waals surface area (Å²) >= 11 is 0. The van der Waals surface area contributed by atoms with Crippen molar-refractivity contribution < 1.29 is 9.53 Å².